The number of nitrogens with zero attached hydrogens (tertiary/aromatic N) is 1. The quantitative estimate of drug-likeness (QED) is 0.664. The molecule has 0 spiro atoms. The van der Waals surface area contributed by atoms with Crippen molar-refractivity contribution in [2.75, 3.05) is 33.0 Å². The highest BCUT2D eigenvalue weighted by atomic mass is 79.9. The third-order valence-electron chi connectivity index (χ3n) is 2.53. The van der Waals surface area contributed by atoms with Crippen LogP contribution in [0.15, 0.2) is 26.0 Å². The molecule has 0 saturated carbocycles. The lowest BCUT2D eigenvalue weighted by Gasteiger charge is -2.21. The van der Waals surface area contributed by atoms with Crippen molar-refractivity contribution in [3.63, 3.8) is 0 Å². The molecule has 0 fully saturated rings. The van der Waals surface area contributed by atoms with E-state index in [1.807, 2.05) is 0 Å². The van der Waals surface area contributed by atoms with Gasteiger partial charge in [-0.1, -0.05) is 15.9 Å². The van der Waals surface area contributed by atoms with E-state index in [0.29, 0.717) is 8.95 Å². The fraction of sp³-hybridized carbons (Fsp3) is 0.455. The number of sulfonamides is 1. The predicted molar refractivity (Wildman–Crippen MR) is 84.0 cm³/mol. The number of ether oxygens (including phenoxy) is 1. The number of rotatable bonds is 6. The van der Waals surface area contributed by atoms with Crippen LogP contribution in [0.4, 0.5) is 5.69 Å². The number of anilines is 1. The Hall–Kier alpha value is -0.190. The van der Waals surface area contributed by atoms with Crippen LogP contribution in [0.5, 0.6) is 0 Å². The number of benzene rings is 1. The summed E-state index contributed by atoms with van der Waals surface area (Å²) in [4.78, 5) is -0.0205. The fourth-order valence-electron chi connectivity index (χ4n) is 1.65. The number of nitrogen functional groups attached to an aromatic ring is 1. The van der Waals surface area contributed by atoms with E-state index in [0.717, 1.165) is 4.31 Å². The molecule has 0 saturated heterocycles. The van der Waals surface area contributed by atoms with Crippen LogP contribution in [0.1, 0.15) is 0 Å². The average molecular weight is 432 g/mol. The first-order valence-electron chi connectivity index (χ1n) is 5.58. The maximum atomic E-state index is 12.5. The monoisotopic (exact) mass is 430 g/mol. The molecule has 1 atom stereocenters. The summed E-state index contributed by atoms with van der Waals surface area (Å²) in [5.74, 6) is 0. The topological polar surface area (TPSA) is 92.9 Å². The molecule has 0 radical (unpaired) electrons. The molecule has 0 aliphatic carbocycles. The summed E-state index contributed by atoms with van der Waals surface area (Å²) in [5, 5.41) is 9.63. The average Bonchev–Trinajstić information content (AvgIpc) is 2.26. The first-order chi connectivity index (χ1) is 9.20. The van der Waals surface area contributed by atoms with Gasteiger partial charge < -0.3 is 15.6 Å². The number of hydrogen-bond acceptors (Lipinski definition) is 5. The molecule has 0 aliphatic heterocycles. The number of nitrogens with two attached hydrogens (primary N) is 1. The third kappa shape index (κ3) is 4.15. The lowest BCUT2D eigenvalue weighted by molar-refractivity contribution is 0.0554. The summed E-state index contributed by atoms with van der Waals surface area (Å²) in [7, 11) is -0.997. The summed E-state index contributed by atoms with van der Waals surface area (Å²) in [5.41, 5.74) is 5.91. The molecule has 20 heavy (non-hydrogen) atoms. The van der Waals surface area contributed by atoms with E-state index in [1.54, 1.807) is 6.07 Å². The van der Waals surface area contributed by atoms with Gasteiger partial charge in [-0.05, 0) is 28.1 Å². The van der Waals surface area contributed by atoms with Crippen LogP contribution in [-0.2, 0) is 14.8 Å². The highest BCUT2D eigenvalue weighted by Crippen LogP contribution is 2.33. The molecule has 0 bridgehead atoms. The molecule has 3 N–H and O–H groups in total. The Morgan fingerprint density at radius 3 is 2.55 bits per heavy atom. The van der Waals surface area contributed by atoms with Gasteiger partial charge in [-0.15, -0.1) is 0 Å². The minimum absolute atomic E-state index is 0.0205. The first kappa shape index (κ1) is 17.9. The van der Waals surface area contributed by atoms with Gasteiger partial charge in [0.2, 0.25) is 10.0 Å². The largest absolute Gasteiger partial charge is 0.398 e. The van der Waals surface area contributed by atoms with Gasteiger partial charge in [0.15, 0.2) is 0 Å². The normalized spacial score (nSPS) is 13.7. The number of halogens is 2. The molecule has 6 nitrogen and oxygen atoms in total. The summed E-state index contributed by atoms with van der Waals surface area (Å²) in [6.07, 6.45) is -0.907. The molecular formula is C11H16Br2N2O4S. The molecule has 1 aromatic carbocycles. The molecule has 0 aromatic heterocycles. The van der Waals surface area contributed by atoms with Gasteiger partial charge >= 0.3 is 0 Å². The summed E-state index contributed by atoms with van der Waals surface area (Å²) in [6, 6.07) is 3.11. The van der Waals surface area contributed by atoms with E-state index in [9.17, 15) is 13.5 Å². The number of likely N-dealkylation sites (N-methyl/N-ethyl adjacent to an activating group) is 1. The summed E-state index contributed by atoms with van der Waals surface area (Å²) >= 11 is 6.43. The maximum Gasteiger partial charge on any atom is 0.246 e. The third-order valence-corrected chi connectivity index (χ3v) is 5.82. The smallest absolute Gasteiger partial charge is 0.246 e. The molecule has 0 amide bonds. The zero-order valence-electron chi connectivity index (χ0n) is 11.0. The van der Waals surface area contributed by atoms with Crippen LogP contribution in [0.3, 0.4) is 0 Å². The highest BCUT2D eigenvalue weighted by molar-refractivity contribution is 9.11. The highest BCUT2D eigenvalue weighted by Gasteiger charge is 2.27. The second-order valence-electron chi connectivity index (χ2n) is 4.20. The van der Waals surface area contributed by atoms with E-state index >= 15 is 0 Å². The van der Waals surface area contributed by atoms with Crippen molar-refractivity contribution in [1.29, 1.82) is 0 Å². The summed E-state index contributed by atoms with van der Waals surface area (Å²) in [6.45, 7) is -0.0328. The molecule has 0 aliphatic rings. The number of aliphatic hydroxyl groups is 1. The van der Waals surface area contributed by atoms with E-state index in [2.05, 4.69) is 31.9 Å². The second-order valence-corrected chi connectivity index (χ2v) is 7.95. The van der Waals surface area contributed by atoms with Crippen molar-refractivity contribution in [2.24, 2.45) is 0 Å². The lowest BCUT2D eigenvalue weighted by Crippen LogP contribution is -2.36. The van der Waals surface area contributed by atoms with Gasteiger partial charge in [-0.25, -0.2) is 8.42 Å². The van der Waals surface area contributed by atoms with Gasteiger partial charge in [0.1, 0.15) is 4.90 Å². The van der Waals surface area contributed by atoms with Crippen LogP contribution in [-0.4, -0.2) is 51.2 Å². The van der Waals surface area contributed by atoms with Crippen LogP contribution < -0.4 is 5.73 Å². The number of hydrogen-bond donors (Lipinski definition) is 2. The van der Waals surface area contributed by atoms with Crippen LogP contribution in [0.25, 0.3) is 0 Å². The van der Waals surface area contributed by atoms with Crippen LogP contribution in [0, 0.1) is 0 Å². The molecular weight excluding hydrogens is 416 g/mol. The van der Waals surface area contributed by atoms with Crippen molar-refractivity contribution in [1.82, 2.24) is 4.31 Å². The fourth-order valence-corrected chi connectivity index (χ4v) is 4.86. The van der Waals surface area contributed by atoms with Crippen LogP contribution in [0.2, 0.25) is 0 Å². The first-order valence-corrected chi connectivity index (χ1v) is 8.60. The van der Waals surface area contributed by atoms with Gasteiger partial charge in [0, 0.05) is 29.6 Å². The SMILES string of the molecule is COCC(O)CN(C)S(=O)(=O)c1c(N)cc(Br)cc1Br. The Labute approximate surface area is 135 Å². The van der Waals surface area contributed by atoms with Crippen LogP contribution >= 0.6 is 31.9 Å². The van der Waals surface area contributed by atoms with Crippen molar-refractivity contribution >= 4 is 47.6 Å². The molecule has 114 valence electrons. The molecule has 9 heteroatoms. The molecule has 1 rings (SSSR count). The molecule has 1 unspecified atom stereocenters. The predicted octanol–water partition coefficient (Wildman–Crippen LogP) is 1.42. The Morgan fingerprint density at radius 1 is 1.45 bits per heavy atom. The van der Waals surface area contributed by atoms with Crippen molar-refractivity contribution < 1.29 is 18.3 Å². The maximum absolute atomic E-state index is 12.5. The Balaban J connectivity index is 3.11. The number of aliphatic hydroxyl groups excluding tert-OH is 1. The van der Waals surface area contributed by atoms with Crippen molar-refractivity contribution in [3.05, 3.63) is 21.1 Å². The van der Waals surface area contributed by atoms with E-state index in [4.69, 9.17) is 10.5 Å². The van der Waals surface area contributed by atoms with Gasteiger partial charge in [-0.3, -0.25) is 0 Å². The van der Waals surface area contributed by atoms with E-state index in [-0.39, 0.29) is 23.7 Å². The molecule has 1 aromatic rings. The van der Waals surface area contributed by atoms with Gasteiger partial charge in [-0.2, -0.15) is 4.31 Å². The van der Waals surface area contributed by atoms with Gasteiger partial charge in [0.05, 0.1) is 18.4 Å². The van der Waals surface area contributed by atoms with Crippen molar-refractivity contribution in [3.8, 4) is 0 Å². The zero-order chi connectivity index (χ0) is 15.5. The second kappa shape index (κ2) is 7.19. The number of methoxy groups -OCH3 is 1. The standard InChI is InChI=1S/C11H16Br2N2O4S/c1-15(5-8(16)6-19-2)20(17,18)11-9(13)3-7(12)4-10(11)14/h3-4,8,16H,5-6,14H2,1-2H3. The Kier molecular flexibility index (Phi) is 6.42. The minimum atomic E-state index is -3.81. The Morgan fingerprint density at radius 2 is 2.05 bits per heavy atom. The van der Waals surface area contributed by atoms with Crippen molar-refractivity contribution in [2.45, 2.75) is 11.0 Å². The zero-order valence-corrected chi connectivity index (χ0v) is 15.0. The van der Waals surface area contributed by atoms with E-state index in [1.165, 1.54) is 20.2 Å². The lowest BCUT2D eigenvalue weighted by atomic mass is 10.3. The summed E-state index contributed by atoms with van der Waals surface area (Å²) < 4.78 is 31.8. The van der Waals surface area contributed by atoms with E-state index < -0.39 is 16.1 Å². The molecule has 0 heterocycles. The van der Waals surface area contributed by atoms with Gasteiger partial charge in [0.25, 0.3) is 0 Å². The minimum Gasteiger partial charge on any atom is -0.398 e. The Bertz CT molecular complexity index is 557.